The smallest absolute Gasteiger partial charge is 0.268 e. The highest BCUT2D eigenvalue weighted by atomic mass is 19.3. The van der Waals surface area contributed by atoms with Crippen molar-refractivity contribution in [2.24, 2.45) is 17.3 Å². The van der Waals surface area contributed by atoms with E-state index in [2.05, 4.69) is 31.2 Å². The fourth-order valence-electron chi connectivity index (χ4n) is 4.82. The van der Waals surface area contributed by atoms with Crippen LogP contribution in [0.4, 0.5) is 8.78 Å². The van der Waals surface area contributed by atoms with Crippen LogP contribution in [0.2, 0.25) is 0 Å². The zero-order valence-electron chi connectivity index (χ0n) is 18.2. The van der Waals surface area contributed by atoms with Crippen molar-refractivity contribution < 1.29 is 18.3 Å². The Morgan fingerprint density at radius 2 is 1.62 bits per heavy atom. The summed E-state index contributed by atoms with van der Waals surface area (Å²) in [4.78, 5) is 12.2. The van der Waals surface area contributed by atoms with Crippen LogP contribution in [0.5, 0.6) is 0 Å². The molecule has 0 aromatic heterocycles. The number of benzene rings is 1. The number of Topliss-reactive ketones (excluding diaryl/α,β-unsaturated/α-hetero) is 1. The highest BCUT2D eigenvalue weighted by Gasteiger charge is 2.47. The van der Waals surface area contributed by atoms with E-state index in [0.29, 0.717) is 18.3 Å². The quantitative estimate of drug-likeness (QED) is 0.543. The molecule has 162 valence electrons. The molecule has 3 fully saturated rings. The van der Waals surface area contributed by atoms with Crippen LogP contribution in [0, 0.1) is 24.2 Å². The molecule has 3 saturated carbocycles. The van der Waals surface area contributed by atoms with Crippen molar-refractivity contribution in [3.8, 4) is 0 Å². The van der Waals surface area contributed by atoms with Crippen LogP contribution in [-0.2, 0) is 9.53 Å². The van der Waals surface area contributed by atoms with E-state index in [9.17, 15) is 13.6 Å². The Labute approximate surface area is 174 Å². The van der Waals surface area contributed by atoms with Crippen LogP contribution in [0.25, 0.3) is 0 Å². The predicted molar refractivity (Wildman–Crippen MR) is 112 cm³/mol. The molecule has 3 aliphatic rings. The summed E-state index contributed by atoms with van der Waals surface area (Å²) in [7, 11) is 0. The summed E-state index contributed by atoms with van der Waals surface area (Å²) in [6.45, 7) is 4.95. The van der Waals surface area contributed by atoms with Crippen LogP contribution in [0.15, 0.2) is 24.3 Å². The molecule has 1 aromatic carbocycles. The Morgan fingerprint density at radius 3 is 2.10 bits per heavy atom. The Kier molecular flexibility index (Phi) is 7.14. The van der Waals surface area contributed by atoms with E-state index in [-0.39, 0.29) is 11.3 Å². The number of carbonyl (C=O) groups excluding carboxylic acids is 1. The van der Waals surface area contributed by atoms with Gasteiger partial charge < -0.3 is 4.74 Å². The highest BCUT2D eigenvalue weighted by Crippen LogP contribution is 2.49. The Morgan fingerprint density at radius 1 is 1.03 bits per heavy atom. The Balaban J connectivity index is 0.000000200. The van der Waals surface area contributed by atoms with Crippen LogP contribution >= 0.6 is 0 Å². The molecule has 0 heterocycles. The van der Waals surface area contributed by atoms with Crippen LogP contribution in [0.3, 0.4) is 0 Å². The molecule has 29 heavy (non-hydrogen) atoms. The molecule has 1 unspecified atom stereocenters. The number of carbonyl (C=O) groups is 1. The van der Waals surface area contributed by atoms with Gasteiger partial charge in [-0.05, 0) is 75.7 Å². The number of alkyl halides is 2. The molecule has 2 nitrogen and oxygen atoms in total. The monoisotopic (exact) mass is 406 g/mol. The third kappa shape index (κ3) is 6.34. The molecule has 0 saturated heterocycles. The van der Waals surface area contributed by atoms with Gasteiger partial charge in [-0.25, -0.2) is 8.78 Å². The first kappa shape index (κ1) is 22.4. The largest absolute Gasteiger partial charge is 0.375 e. The van der Waals surface area contributed by atoms with Crippen LogP contribution < -0.4 is 0 Å². The predicted octanol–water partition coefficient (Wildman–Crippen LogP) is 6.71. The molecule has 1 aromatic rings. The van der Waals surface area contributed by atoms with E-state index in [0.717, 1.165) is 51.4 Å². The first-order valence-corrected chi connectivity index (χ1v) is 11.2. The van der Waals surface area contributed by atoms with Gasteiger partial charge in [0.15, 0.2) is 0 Å². The molecule has 1 atom stereocenters. The van der Waals surface area contributed by atoms with Gasteiger partial charge in [0, 0.05) is 24.9 Å². The van der Waals surface area contributed by atoms with E-state index < -0.39 is 12.5 Å². The molecule has 0 amide bonds. The maximum Gasteiger partial charge on any atom is 0.268 e. The first-order chi connectivity index (χ1) is 13.7. The lowest BCUT2D eigenvalue weighted by atomic mass is 9.68. The lowest BCUT2D eigenvalue weighted by Crippen LogP contribution is -2.34. The van der Waals surface area contributed by atoms with Gasteiger partial charge in [-0.1, -0.05) is 36.8 Å². The fourth-order valence-corrected chi connectivity index (χ4v) is 4.82. The highest BCUT2D eigenvalue weighted by molar-refractivity contribution is 5.88. The van der Waals surface area contributed by atoms with Crippen LogP contribution in [0.1, 0.15) is 82.3 Å². The van der Waals surface area contributed by atoms with E-state index in [1.165, 1.54) is 24.0 Å². The average Bonchev–Trinajstić information content (AvgIpc) is 3.48. The van der Waals surface area contributed by atoms with Gasteiger partial charge in [-0.15, -0.1) is 0 Å². The van der Waals surface area contributed by atoms with E-state index in [1.807, 2.05) is 6.92 Å². The Bertz CT molecular complexity index is 665. The van der Waals surface area contributed by atoms with Gasteiger partial charge in [-0.2, -0.15) is 0 Å². The Hall–Kier alpha value is -1.29. The van der Waals surface area contributed by atoms with Crippen molar-refractivity contribution in [3.05, 3.63) is 35.4 Å². The topological polar surface area (TPSA) is 26.3 Å². The summed E-state index contributed by atoms with van der Waals surface area (Å²) < 4.78 is 30.4. The van der Waals surface area contributed by atoms with Gasteiger partial charge in [-0.3, -0.25) is 4.79 Å². The lowest BCUT2D eigenvalue weighted by Gasteiger charge is -2.36. The number of halogens is 2. The van der Waals surface area contributed by atoms with E-state index >= 15 is 0 Å². The summed E-state index contributed by atoms with van der Waals surface area (Å²) in [6.07, 6.45) is 8.57. The van der Waals surface area contributed by atoms with Crippen molar-refractivity contribution in [1.82, 2.24) is 0 Å². The van der Waals surface area contributed by atoms with Gasteiger partial charge in [0.2, 0.25) is 0 Å². The number of aryl methyl sites for hydroxylation is 1. The van der Waals surface area contributed by atoms with Crippen molar-refractivity contribution in [1.29, 1.82) is 0 Å². The van der Waals surface area contributed by atoms with Crippen molar-refractivity contribution in [3.63, 3.8) is 0 Å². The number of ketones is 1. The number of hydrogen-bond acceptors (Lipinski definition) is 2. The summed E-state index contributed by atoms with van der Waals surface area (Å²) in [5, 5.41) is 0. The standard InChI is InChI=1S/C15H24F2O2.C10H12/c1-11-3-6-15(13(11)18)7-4-12(5-8-15)9-19-10-14(2,16)17;1-8-2-4-9(5-3-8)10-6-7-10/h11-12H,3-10H2,1-2H3;2-5,10H,6-7H2,1H3. The van der Waals surface area contributed by atoms with Gasteiger partial charge in [0.05, 0.1) is 0 Å². The molecule has 0 bridgehead atoms. The van der Waals surface area contributed by atoms with E-state index in [1.54, 1.807) is 0 Å². The fraction of sp³-hybridized carbons (Fsp3) is 0.720. The minimum absolute atomic E-state index is 0.0788. The first-order valence-electron chi connectivity index (χ1n) is 11.2. The zero-order valence-corrected chi connectivity index (χ0v) is 18.2. The third-order valence-corrected chi connectivity index (χ3v) is 6.92. The molecular weight excluding hydrogens is 370 g/mol. The summed E-state index contributed by atoms with van der Waals surface area (Å²) in [5.74, 6) is -0.844. The maximum atomic E-state index is 12.6. The molecule has 0 N–H and O–H groups in total. The van der Waals surface area contributed by atoms with Gasteiger partial charge >= 0.3 is 0 Å². The molecule has 4 rings (SSSR count). The van der Waals surface area contributed by atoms with Gasteiger partial charge in [0.1, 0.15) is 12.4 Å². The minimum Gasteiger partial charge on any atom is -0.375 e. The number of ether oxygens (including phenoxy) is 1. The zero-order chi connectivity index (χ0) is 21.1. The number of rotatable bonds is 5. The summed E-state index contributed by atoms with van der Waals surface area (Å²) in [6, 6.07) is 8.92. The summed E-state index contributed by atoms with van der Waals surface area (Å²) in [5.41, 5.74) is 2.82. The van der Waals surface area contributed by atoms with Crippen LogP contribution in [-0.4, -0.2) is 24.9 Å². The normalized spacial score (nSPS) is 29.6. The molecule has 3 aliphatic carbocycles. The van der Waals surface area contributed by atoms with Crippen molar-refractivity contribution in [2.45, 2.75) is 84.0 Å². The summed E-state index contributed by atoms with van der Waals surface area (Å²) >= 11 is 0. The van der Waals surface area contributed by atoms with Crippen molar-refractivity contribution >= 4 is 5.78 Å². The van der Waals surface area contributed by atoms with E-state index in [4.69, 9.17) is 4.74 Å². The lowest BCUT2D eigenvalue weighted by molar-refractivity contribution is -0.131. The maximum absolute atomic E-state index is 12.6. The SMILES string of the molecule is CC1CCC2(CCC(COCC(C)(F)F)CC2)C1=O.Cc1ccc(C2CC2)cc1. The average molecular weight is 407 g/mol. The molecule has 1 spiro atoms. The second-order valence-corrected chi connectivity index (χ2v) is 9.80. The second-order valence-electron chi connectivity index (χ2n) is 9.80. The molecule has 0 aliphatic heterocycles. The number of hydrogen-bond donors (Lipinski definition) is 0. The third-order valence-electron chi connectivity index (χ3n) is 6.92. The molecule has 4 heteroatoms. The van der Waals surface area contributed by atoms with Crippen molar-refractivity contribution in [2.75, 3.05) is 13.2 Å². The minimum atomic E-state index is -2.74. The molecular formula is C25H36F2O2. The second kappa shape index (κ2) is 9.24. The molecule has 0 radical (unpaired) electrons. The van der Waals surface area contributed by atoms with Gasteiger partial charge in [0.25, 0.3) is 5.92 Å².